The molecule has 0 saturated carbocycles. The van der Waals surface area contributed by atoms with Gasteiger partial charge in [0.2, 0.25) is 5.78 Å². The van der Waals surface area contributed by atoms with Crippen molar-refractivity contribution < 1.29 is 9.53 Å². The van der Waals surface area contributed by atoms with Crippen molar-refractivity contribution in [3.8, 4) is 17.6 Å². The summed E-state index contributed by atoms with van der Waals surface area (Å²) in [5.74, 6) is 4.96. The number of ketones is 1. The van der Waals surface area contributed by atoms with Gasteiger partial charge in [0.15, 0.2) is 0 Å². The van der Waals surface area contributed by atoms with Gasteiger partial charge in [0.25, 0.3) is 5.56 Å². The fourth-order valence-electron chi connectivity index (χ4n) is 1.44. The monoisotopic (exact) mass is 270 g/mol. The van der Waals surface area contributed by atoms with E-state index in [0.29, 0.717) is 11.3 Å². The molecular weight excluding hydrogens is 260 g/mol. The second-order valence-corrected chi connectivity index (χ2v) is 3.79. The first-order chi connectivity index (χ1) is 9.60. The number of H-pyrrole nitrogens is 2. The van der Waals surface area contributed by atoms with Crippen molar-refractivity contribution in [1.82, 2.24) is 9.97 Å². The van der Waals surface area contributed by atoms with Crippen molar-refractivity contribution in [2.45, 2.75) is 0 Å². The van der Waals surface area contributed by atoms with Crippen LogP contribution in [0.4, 0.5) is 0 Å². The fraction of sp³-hybridized carbons (Fsp3) is 0.0714. The molecule has 2 aromatic rings. The van der Waals surface area contributed by atoms with Crippen LogP contribution in [0.2, 0.25) is 0 Å². The first-order valence-corrected chi connectivity index (χ1v) is 5.62. The molecule has 6 heteroatoms. The van der Waals surface area contributed by atoms with Gasteiger partial charge in [-0.2, -0.15) is 0 Å². The van der Waals surface area contributed by atoms with Crippen LogP contribution in [0.1, 0.15) is 15.9 Å². The lowest BCUT2D eigenvalue weighted by atomic mass is 10.1. The number of benzene rings is 1. The molecule has 1 aromatic carbocycles. The Labute approximate surface area is 113 Å². The molecule has 0 atom stereocenters. The lowest BCUT2D eigenvalue weighted by Crippen LogP contribution is -2.23. The van der Waals surface area contributed by atoms with Gasteiger partial charge in [0.05, 0.1) is 7.11 Å². The Morgan fingerprint density at radius 2 is 1.90 bits per heavy atom. The van der Waals surface area contributed by atoms with Gasteiger partial charge in [0, 0.05) is 11.8 Å². The summed E-state index contributed by atoms with van der Waals surface area (Å²) in [6.45, 7) is 0. The number of Topliss-reactive ketones (excluding diaryl/α,β-unsaturated/α-hetero) is 1. The van der Waals surface area contributed by atoms with Gasteiger partial charge in [-0.25, -0.2) is 4.79 Å². The molecule has 0 unspecified atom stereocenters. The second kappa shape index (κ2) is 5.71. The third-order valence-corrected chi connectivity index (χ3v) is 2.48. The van der Waals surface area contributed by atoms with E-state index in [2.05, 4.69) is 16.8 Å². The Kier molecular flexibility index (Phi) is 3.82. The van der Waals surface area contributed by atoms with Crippen molar-refractivity contribution in [1.29, 1.82) is 0 Å². The number of carbonyl (C=O) groups is 1. The lowest BCUT2D eigenvalue weighted by Gasteiger charge is -1.98. The summed E-state index contributed by atoms with van der Waals surface area (Å²) in [5.41, 5.74) is -0.851. The summed E-state index contributed by atoms with van der Waals surface area (Å²) in [7, 11) is 1.53. The third kappa shape index (κ3) is 3.03. The molecule has 0 aliphatic heterocycles. The normalized spacial score (nSPS) is 9.45. The van der Waals surface area contributed by atoms with E-state index in [1.165, 1.54) is 7.11 Å². The summed E-state index contributed by atoms with van der Waals surface area (Å²) >= 11 is 0. The zero-order valence-corrected chi connectivity index (χ0v) is 10.5. The molecule has 2 rings (SSSR count). The van der Waals surface area contributed by atoms with Crippen molar-refractivity contribution in [2.75, 3.05) is 7.11 Å². The van der Waals surface area contributed by atoms with Crippen LogP contribution in [0.15, 0.2) is 40.1 Å². The van der Waals surface area contributed by atoms with Crippen molar-refractivity contribution in [3.05, 3.63) is 62.4 Å². The molecular formula is C14H10N2O4. The number of aromatic amines is 2. The number of nitrogens with one attached hydrogen (secondary N) is 2. The van der Waals surface area contributed by atoms with E-state index in [4.69, 9.17) is 4.74 Å². The zero-order valence-electron chi connectivity index (χ0n) is 10.5. The molecule has 0 bridgehead atoms. The Morgan fingerprint density at radius 3 is 2.50 bits per heavy atom. The number of carbonyl (C=O) groups excluding carboxylic acids is 1. The van der Waals surface area contributed by atoms with Gasteiger partial charge in [-0.1, -0.05) is 5.92 Å². The highest BCUT2D eigenvalue weighted by Crippen LogP contribution is 2.11. The molecule has 0 aliphatic rings. The molecule has 0 fully saturated rings. The smallest absolute Gasteiger partial charge is 0.325 e. The summed E-state index contributed by atoms with van der Waals surface area (Å²) in [6.07, 6.45) is 1.16. The van der Waals surface area contributed by atoms with Crippen LogP contribution in [0.25, 0.3) is 0 Å². The van der Waals surface area contributed by atoms with E-state index in [1.807, 2.05) is 4.98 Å². The van der Waals surface area contributed by atoms with E-state index in [-0.39, 0.29) is 5.56 Å². The van der Waals surface area contributed by atoms with Gasteiger partial charge in [-0.15, -0.1) is 0 Å². The zero-order chi connectivity index (χ0) is 14.5. The minimum atomic E-state index is -0.635. The van der Waals surface area contributed by atoms with E-state index in [1.54, 1.807) is 24.3 Å². The Hall–Kier alpha value is -3.07. The maximum Gasteiger partial charge on any atom is 0.325 e. The average Bonchev–Trinajstić information content (AvgIpc) is 2.46. The number of ether oxygens (including phenoxy) is 1. The van der Waals surface area contributed by atoms with Gasteiger partial charge in [-0.05, 0) is 30.2 Å². The maximum atomic E-state index is 11.8. The van der Waals surface area contributed by atoms with Gasteiger partial charge < -0.3 is 9.72 Å². The van der Waals surface area contributed by atoms with Crippen LogP contribution in [-0.2, 0) is 0 Å². The summed E-state index contributed by atoms with van der Waals surface area (Å²) < 4.78 is 4.98. The van der Waals surface area contributed by atoms with Crippen LogP contribution in [0.3, 0.4) is 0 Å². The minimum Gasteiger partial charge on any atom is -0.497 e. The van der Waals surface area contributed by atoms with Crippen molar-refractivity contribution in [3.63, 3.8) is 0 Å². The molecule has 20 heavy (non-hydrogen) atoms. The SMILES string of the molecule is COc1ccc(C(=O)C#Cc2c[nH]c(=O)[nH]c2=O)cc1. The van der Waals surface area contributed by atoms with E-state index < -0.39 is 17.0 Å². The summed E-state index contributed by atoms with van der Waals surface area (Å²) in [5, 5.41) is 0. The molecule has 1 heterocycles. The summed E-state index contributed by atoms with van der Waals surface area (Å²) in [4.78, 5) is 38.3. The molecule has 2 N–H and O–H groups in total. The molecule has 0 aliphatic carbocycles. The minimum absolute atomic E-state index is 0.0199. The van der Waals surface area contributed by atoms with Gasteiger partial charge >= 0.3 is 5.69 Å². The molecule has 0 saturated heterocycles. The highest BCUT2D eigenvalue weighted by atomic mass is 16.5. The van der Waals surface area contributed by atoms with Crippen LogP contribution in [0, 0.1) is 11.8 Å². The van der Waals surface area contributed by atoms with E-state index >= 15 is 0 Å². The number of rotatable bonds is 2. The second-order valence-electron chi connectivity index (χ2n) is 3.79. The van der Waals surface area contributed by atoms with E-state index in [9.17, 15) is 14.4 Å². The number of hydrogen-bond acceptors (Lipinski definition) is 4. The van der Waals surface area contributed by atoms with Crippen molar-refractivity contribution >= 4 is 5.78 Å². The fourth-order valence-corrected chi connectivity index (χ4v) is 1.44. The molecule has 0 radical (unpaired) electrons. The Bertz CT molecular complexity index is 804. The highest BCUT2D eigenvalue weighted by Gasteiger charge is 2.02. The first-order valence-electron chi connectivity index (χ1n) is 5.62. The van der Waals surface area contributed by atoms with Crippen LogP contribution in [0.5, 0.6) is 5.75 Å². The highest BCUT2D eigenvalue weighted by molar-refractivity contribution is 6.09. The van der Waals surface area contributed by atoms with Crippen molar-refractivity contribution in [2.24, 2.45) is 0 Å². The molecule has 1 aromatic heterocycles. The van der Waals surface area contributed by atoms with Crippen LogP contribution < -0.4 is 16.0 Å². The number of methoxy groups -OCH3 is 1. The number of hydrogen-bond donors (Lipinski definition) is 2. The summed E-state index contributed by atoms with van der Waals surface area (Å²) in [6, 6.07) is 6.43. The average molecular weight is 270 g/mol. The van der Waals surface area contributed by atoms with Gasteiger partial charge in [0.1, 0.15) is 11.3 Å². The Balaban J connectivity index is 2.25. The predicted octanol–water partition coefficient (Wildman–Crippen LogP) is 0.306. The predicted molar refractivity (Wildman–Crippen MR) is 71.9 cm³/mol. The molecule has 0 spiro atoms. The molecule has 0 amide bonds. The topological polar surface area (TPSA) is 92.0 Å². The molecule has 100 valence electrons. The largest absolute Gasteiger partial charge is 0.497 e. The maximum absolute atomic E-state index is 11.8. The third-order valence-electron chi connectivity index (χ3n) is 2.48. The van der Waals surface area contributed by atoms with Crippen LogP contribution in [-0.4, -0.2) is 22.9 Å². The van der Waals surface area contributed by atoms with Crippen LogP contribution >= 0.6 is 0 Å². The first kappa shape index (κ1) is 13.4. The van der Waals surface area contributed by atoms with E-state index in [0.717, 1.165) is 6.20 Å². The molecule has 6 nitrogen and oxygen atoms in total. The standard InChI is InChI=1S/C14H10N2O4/c1-20-11-5-2-9(3-6-11)12(17)7-4-10-8-15-14(19)16-13(10)18/h2-3,5-6,8H,1H3,(H2,15,16,18,19). The lowest BCUT2D eigenvalue weighted by molar-refractivity contribution is 0.105. The quantitative estimate of drug-likeness (QED) is 0.606. The number of aromatic nitrogens is 2. The van der Waals surface area contributed by atoms with Gasteiger partial charge in [-0.3, -0.25) is 14.6 Å². The Morgan fingerprint density at radius 1 is 1.20 bits per heavy atom.